The van der Waals surface area contributed by atoms with Crippen LogP contribution in [0.15, 0.2) is 17.3 Å². The lowest BCUT2D eigenvalue weighted by molar-refractivity contribution is 0.453. The Labute approximate surface area is 101 Å². The summed E-state index contributed by atoms with van der Waals surface area (Å²) in [4.78, 5) is 0.211. The Morgan fingerprint density at radius 2 is 2.35 bits per heavy atom. The fourth-order valence-electron chi connectivity index (χ4n) is 2.28. The summed E-state index contributed by atoms with van der Waals surface area (Å²) in [5.74, 6) is 0.251. The lowest BCUT2D eigenvalue weighted by Gasteiger charge is -2.18. The minimum atomic E-state index is -3.45. The van der Waals surface area contributed by atoms with E-state index in [9.17, 15) is 8.42 Å². The minimum absolute atomic E-state index is 0.0368. The van der Waals surface area contributed by atoms with Crippen LogP contribution in [-0.2, 0) is 17.1 Å². The highest BCUT2D eigenvalue weighted by Gasteiger charge is 2.30. The maximum Gasteiger partial charge on any atom is 0.243 e. The Morgan fingerprint density at radius 1 is 1.59 bits per heavy atom. The molecule has 3 N–H and O–H groups in total. The molecule has 1 aliphatic rings. The number of aryl methyl sites for hydroxylation is 1. The normalized spacial score (nSPS) is 25.3. The molecule has 1 aliphatic carbocycles. The number of aromatic nitrogens is 2. The summed E-state index contributed by atoms with van der Waals surface area (Å²) in [5.41, 5.74) is 5.63. The largest absolute Gasteiger partial charge is 0.330 e. The molecule has 0 spiro atoms. The van der Waals surface area contributed by atoms with Crippen LogP contribution in [0.2, 0.25) is 0 Å². The summed E-state index contributed by atoms with van der Waals surface area (Å²) in [5, 5.41) is 3.87. The van der Waals surface area contributed by atoms with Crippen LogP contribution in [0.1, 0.15) is 19.3 Å². The molecule has 1 aromatic heterocycles. The molecular formula is C10H18N4O2S. The van der Waals surface area contributed by atoms with Gasteiger partial charge in [-0.15, -0.1) is 0 Å². The first-order valence-electron chi connectivity index (χ1n) is 5.74. The summed E-state index contributed by atoms with van der Waals surface area (Å²) in [6.07, 6.45) is 5.74. The Hall–Kier alpha value is -0.920. The molecule has 1 fully saturated rings. The number of rotatable bonds is 4. The number of nitrogens with one attached hydrogen (secondary N) is 1. The summed E-state index contributed by atoms with van der Waals surface area (Å²) in [7, 11) is -1.76. The van der Waals surface area contributed by atoms with E-state index in [0.717, 1.165) is 19.3 Å². The molecule has 1 heterocycles. The fourth-order valence-corrected chi connectivity index (χ4v) is 3.60. The molecule has 2 unspecified atom stereocenters. The van der Waals surface area contributed by atoms with Crippen molar-refractivity contribution in [2.75, 3.05) is 6.54 Å². The highest BCUT2D eigenvalue weighted by atomic mass is 32.2. The van der Waals surface area contributed by atoms with Gasteiger partial charge in [0.1, 0.15) is 4.90 Å². The van der Waals surface area contributed by atoms with Crippen LogP contribution in [0.25, 0.3) is 0 Å². The summed E-state index contributed by atoms with van der Waals surface area (Å²) < 4.78 is 28.3. The lowest BCUT2D eigenvalue weighted by atomic mass is 10.1. The Balaban J connectivity index is 2.12. The van der Waals surface area contributed by atoms with Gasteiger partial charge in [-0.25, -0.2) is 13.1 Å². The number of sulfonamides is 1. The first kappa shape index (κ1) is 12.5. The second-order valence-electron chi connectivity index (χ2n) is 4.50. The Bertz CT molecular complexity index is 482. The van der Waals surface area contributed by atoms with Crippen molar-refractivity contribution < 1.29 is 8.42 Å². The molecule has 17 heavy (non-hydrogen) atoms. The van der Waals surface area contributed by atoms with Crippen LogP contribution in [0.3, 0.4) is 0 Å². The lowest BCUT2D eigenvalue weighted by Crippen LogP contribution is -2.39. The smallest absolute Gasteiger partial charge is 0.243 e. The molecule has 96 valence electrons. The van der Waals surface area contributed by atoms with E-state index in [0.29, 0.717) is 6.54 Å². The number of nitrogens with zero attached hydrogens (tertiary/aromatic N) is 2. The van der Waals surface area contributed by atoms with Crippen LogP contribution in [-0.4, -0.2) is 30.8 Å². The van der Waals surface area contributed by atoms with E-state index in [2.05, 4.69) is 9.82 Å². The molecule has 2 atom stereocenters. The average molecular weight is 258 g/mol. The average Bonchev–Trinajstić information content (AvgIpc) is 2.86. The molecular weight excluding hydrogens is 240 g/mol. The van der Waals surface area contributed by atoms with E-state index in [1.807, 2.05) is 0 Å². The van der Waals surface area contributed by atoms with Gasteiger partial charge in [0.25, 0.3) is 0 Å². The van der Waals surface area contributed by atoms with Gasteiger partial charge in [0.15, 0.2) is 0 Å². The number of hydrogen-bond donors (Lipinski definition) is 2. The second-order valence-corrected chi connectivity index (χ2v) is 6.22. The van der Waals surface area contributed by atoms with Gasteiger partial charge in [0, 0.05) is 19.3 Å². The van der Waals surface area contributed by atoms with E-state index < -0.39 is 10.0 Å². The van der Waals surface area contributed by atoms with Gasteiger partial charge in [-0.05, 0) is 25.3 Å². The molecule has 0 aromatic carbocycles. The van der Waals surface area contributed by atoms with Crippen molar-refractivity contribution in [3.63, 3.8) is 0 Å². The molecule has 2 rings (SSSR count). The Kier molecular flexibility index (Phi) is 3.50. The SMILES string of the molecule is Cn1cc(S(=O)(=O)NC2CCCC2CN)cn1. The van der Waals surface area contributed by atoms with Gasteiger partial charge in [0.05, 0.1) is 6.20 Å². The van der Waals surface area contributed by atoms with Crippen LogP contribution in [0.5, 0.6) is 0 Å². The highest BCUT2D eigenvalue weighted by molar-refractivity contribution is 7.89. The monoisotopic (exact) mass is 258 g/mol. The summed E-state index contributed by atoms with van der Waals surface area (Å²) in [6.45, 7) is 0.528. The molecule has 1 saturated carbocycles. The predicted octanol–water partition coefficient (Wildman–Crippen LogP) is -0.174. The first-order chi connectivity index (χ1) is 8.03. The van der Waals surface area contributed by atoms with Gasteiger partial charge in [-0.2, -0.15) is 5.10 Å². The quantitative estimate of drug-likeness (QED) is 0.784. The standard InChI is InChI=1S/C10H18N4O2S/c1-14-7-9(6-12-14)17(15,16)13-10-4-2-3-8(10)5-11/h6-8,10,13H,2-5,11H2,1H3. The molecule has 7 heteroatoms. The Morgan fingerprint density at radius 3 is 2.94 bits per heavy atom. The van der Waals surface area contributed by atoms with E-state index in [1.165, 1.54) is 17.1 Å². The molecule has 6 nitrogen and oxygen atoms in total. The van der Waals surface area contributed by atoms with Crippen molar-refractivity contribution in [3.8, 4) is 0 Å². The third-order valence-corrected chi connectivity index (χ3v) is 4.70. The summed E-state index contributed by atoms with van der Waals surface area (Å²) >= 11 is 0. The van der Waals surface area contributed by atoms with Crippen molar-refractivity contribution >= 4 is 10.0 Å². The van der Waals surface area contributed by atoms with E-state index in [4.69, 9.17) is 5.73 Å². The van der Waals surface area contributed by atoms with Crippen LogP contribution in [0, 0.1) is 5.92 Å². The third kappa shape index (κ3) is 2.67. The van der Waals surface area contributed by atoms with Crippen LogP contribution in [0.4, 0.5) is 0 Å². The highest BCUT2D eigenvalue weighted by Crippen LogP contribution is 2.26. The molecule has 1 aromatic rings. The molecule has 0 aliphatic heterocycles. The molecule has 0 amide bonds. The summed E-state index contributed by atoms with van der Waals surface area (Å²) in [6, 6.07) is -0.0368. The van der Waals surface area contributed by atoms with Gasteiger partial charge >= 0.3 is 0 Å². The van der Waals surface area contributed by atoms with Crippen molar-refractivity contribution in [1.29, 1.82) is 0 Å². The topological polar surface area (TPSA) is 90.0 Å². The zero-order valence-electron chi connectivity index (χ0n) is 9.83. The van der Waals surface area contributed by atoms with Crippen molar-refractivity contribution in [2.45, 2.75) is 30.2 Å². The maximum atomic E-state index is 12.1. The number of nitrogens with two attached hydrogens (primary N) is 1. The first-order valence-corrected chi connectivity index (χ1v) is 7.22. The van der Waals surface area contributed by atoms with E-state index >= 15 is 0 Å². The van der Waals surface area contributed by atoms with Gasteiger partial charge < -0.3 is 5.73 Å². The van der Waals surface area contributed by atoms with Crippen LogP contribution < -0.4 is 10.5 Å². The van der Waals surface area contributed by atoms with Gasteiger partial charge in [-0.3, -0.25) is 4.68 Å². The van der Waals surface area contributed by atoms with Crippen molar-refractivity contribution in [3.05, 3.63) is 12.4 Å². The predicted molar refractivity (Wildman–Crippen MR) is 63.7 cm³/mol. The fraction of sp³-hybridized carbons (Fsp3) is 0.700. The molecule has 0 bridgehead atoms. The minimum Gasteiger partial charge on any atom is -0.330 e. The molecule has 0 saturated heterocycles. The van der Waals surface area contributed by atoms with Gasteiger partial charge in [-0.1, -0.05) is 6.42 Å². The van der Waals surface area contributed by atoms with Gasteiger partial charge in [0.2, 0.25) is 10.0 Å². The number of hydrogen-bond acceptors (Lipinski definition) is 4. The third-order valence-electron chi connectivity index (χ3n) is 3.26. The van der Waals surface area contributed by atoms with E-state index in [1.54, 1.807) is 7.05 Å². The second kappa shape index (κ2) is 4.75. The molecule has 0 radical (unpaired) electrons. The maximum absolute atomic E-state index is 12.1. The van der Waals surface area contributed by atoms with Crippen LogP contribution >= 0.6 is 0 Å². The van der Waals surface area contributed by atoms with Crippen molar-refractivity contribution in [1.82, 2.24) is 14.5 Å². The zero-order chi connectivity index (χ0) is 12.5. The van der Waals surface area contributed by atoms with E-state index in [-0.39, 0.29) is 16.9 Å². The zero-order valence-corrected chi connectivity index (χ0v) is 10.7. The van der Waals surface area contributed by atoms with Crippen molar-refractivity contribution in [2.24, 2.45) is 18.7 Å².